The van der Waals surface area contributed by atoms with Crippen LogP contribution in [0, 0.1) is 6.92 Å². The van der Waals surface area contributed by atoms with Crippen LogP contribution in [0.15, 0.2) is 12.1 Å². The van der Waals surface area contributed by atoms with E-state index in [9.17, 15) is 0 Å². The molecule has 0 saturated carbocycles. The molecule has 0 atom stereocenters. The molecule has 0 spiro atoms. The van der Waals surface area contributed by atoms with Gasteiger partial charge in [0, 0.05) is 21.8 Å². The summed E-state index contributed by atoms with van der Waals surface area (Å²) in [5.41, 5.74) is 0.345. The topological polar surface area (TPSA) is 12.0 Å². The van der Waals surface area contributed by atoms with Crippen molar-refractivity contribution >= 4 is 11.3 Å². The first kappa shape index (κ1) is 12.7. The summed E-state index contributed by atoms with van der Waals surface area (Å²) in [7, 11) is 0. The Morgan fingerprint density at radius 2 is 1.73 bits per heavy atom. The maximum absolute atomic E-state index is 3.72. The summed E-state index contributed by atoms with van der Waals surface area (Å²) in [5.74, 6) is 0. The number of thiophene rings is 1. The van der Waals surface area contributed by atoms with Gasteiger partial charge in [0.25, 0.3) is 0 Å². The third kappa shape index (κ3) is 3.32. The molecule has 0 aliphatic rings. The van der Waals surface area contributed by atoms with Crippen molar-refractivity contribution in [1.82, 2.24) is 5.32 Å². The molecule has 86 valence electrons. The summed E-state index contributed by atoms with van der Waals surface area (Å²) in [4.78, 5) is 2.86. The summed E-state index contributed by atoms with van der Waals surface area (Å²) in [6.07, 6.45) is 3.64. The fourth-order valence-corrected chi connectivity index (χ4v) is 2.81. The van der Waals surface area contributed by atoms with Crippen molar-refractivity contribution in [1.29, 1.82) is 0 Å². The Kier molecular flexibility index (Phi) is 4.81. The van der Waals surface area contributed by atoms with Crippen LogP contribution in [0.4, 0.5) is 0 Å². The van der Waals surface area contributed by atoms with Gasteiger partial charge in [-0.05, 0) is 38.3 Å². The van der Waals surface area contributed by atoms with Gasteiger partial charge in [-0.1, -0.05) is 20.8 Å². The lowest BCUT2D eigenvalue weighted by Gasteiger charge is -2.31. The molecule has 0 aliphatic heterocycles. The van der Waals surface area contributed by atoms with Gasteiger partial charge in [-0.3, -0.25) is 0 Å². The summed E-state index contributed by atoms with van der Waals surface area (Å²) in [6, 6.07) is 4.44. The van der Waals surface area contributed by atoms with Crippen LogP contribution in [0.25, 0.3) is 0 Å². The molecule has 0 unspecified atom stereocenters. The minimum absolute atomic E-state index is 0.345. The van der Waals surface area contributed by atoms with Gasteiger partial charge in [-0.15, -0.1) is 11.3 Å². The number of hydrogen-bond acceptors (Lipinski definition) is 2. The van der Waals surface area contributed by atoms with E-state index in [1.807, 2.05) is 11.3 Å². The van der Waals surface area contributed by atoms with Gasteiger partial charge in [0.1, 0.15) is 0 Å². The molecule has 0 fully saturated rings. The van der Waals surface area contributed by atoms with Crippen molar-refractivity contribution in [3.8, 4) is 0 Å². The Bertz CT molecular complexity index is 278. The van der Waals surface area contributed by atoms with E-state index >= 15 is 0 Å². The van der Waals surface area contributed by atoms with Gasteiger partial charge in [0.05, 0.1) is 0 Å². The fraction of sp³-hybridized carbons (Fsp3) is 0.692. The Balaban J connectivity index is 2.54. The highest BCUT2D eigenvalue weighted by atomic mass is 32.1. The molecular weight excluding hydrogens is 202 g/mol. The third-order valence-electron chi connectivity index (χ3n) is 3.46. The smallest absolute Gasteiger partial charge is 0.0304 e. The van der Waals surface area contributed by atoms with Crippen molar-refractivity contribution in [2.75, 3.05) is 0 Å². The van der Waals surface area contributed by atoms with Crippen molar-refractivity contribution < 1.29 is 0 Å². The van der Waals surface area contributed by atoms with Gasteiger partial charge in [-0.25, -0.2) is 0 Å². The van der Waals surface area contributed by atoms with E-state index in [0.717, 1.165) is 6.54 Å². The van der Waals surface area contributed by atoms with E-state index in [4.69, 9.17) is 0 Å². The summed E-state index contributed by atoms with van der Waals surface area (Å²) in [6.45, 7) is 10.0. The monoisotopic (exact) mass is 225 g/mol. The molecule has 0 aromatic carbocycles. The van der Waals surface area contributed by atoms with Crippen molar-refractivity contribution in [2.24, 2.45) is 0 Å². The summed E-state index contributed by atoms with van der Waals surface area (Å²) >= 11 is 1.90. The second-order valence-electron chi connectivity index (χ2n) is 4.21. The zero-order chi connectivity index (χ0) is 11.3. The van der Waals surface area contributed by atoms with Crippen LogP contribution in [0.5, 0.6) is 0 Å². The Hall–Kier alpha value is -0.340. The highest BCUT2D eigenvalue weighted by molar-refractivity contribution is 7.11. The Morgan fingerprint density at radius 1 is 1.13 bits per heavy atom. The molecule has 2 heteroatoms. The van der Waals surface area contributed by atoms with E-state index < -0.39 is 0 Å². The number of hydrogen-bond donors (Lipinski definition) is 1. The zero-order valence-electron chi connectivity index (χ0n) is 10.4. The van der Waals surface area contributed by atoms with E-state index in [2.05, 4.69) is 45.1 Å². The molecule has 0 aliphatic carbocycles. The minimum atomic E-state index is 0.345. The molecule has 15 heavy (non-hydrogen) atoms. The predicted molar refractivity (Wildman–Crippen MR) is 69.5 cm³/mol. The van der Waals surface area contributed by atoms with Crippen LogP contribution < -0.4 is 5.32 Å². The lowest BCUT2D eigenvalue weighted by Crippen LogP contribution is -2.42. The fourth-order valence-electron chi connectivity index (χ4n) is 1.98. The number of nitrogens with one attached hydrogen (secondary N) is 1. The maximum Gasteiger partial charge on any atom is 0.0304 e. The average Bonchev–Trinajstić information content (AvgIpc) is 2.67. The van der Waals surface area contributed by atoms with Gasteiger partial charge in [0.2, 0.25) is 0 Å². The zero-order valence-corrected chi connectivity index (χ0v) is 11.2. The van der Waals surface area contributed by atoms with E-state index in [0.29, 0.717) is 5.54 Å². The molecule has 1 aromatic rings. The summed E-state index contributed by atoms with van der Waals surface area (Å²) in [5, 5.41) is 3.72. The first-order valence-electron chi connectivity index (χ1n) is 5.96. The van der Waals surface area contributed by atoms with Crippen LogP contribution in [0.2, 0.25) is 0 Å². The lowest BCUT2D eigenvalue weighted by molar-refractivity contribution is 0.289. The quantitative estimate of drug-likeness (QED) is 0.768. The van der Waals surface area contributed by atoms with E-state index in [1.165, 1.54) is 29.0 Å². The van der Waals surface area contributed by atoms with Gasteiger partial charge >= 0.3 is 0 Å². The van der Waals surface area contributed by atoms with Crippen LogP contribution in [0.3, 0.4) is 0 Å². The Morgan fingerprint density at radius 3 is 2.13 bits per heavy atom. The first-order chi connectivity index (χ1) is 7.15. The van der Waals surface area contributed by atoms with Crippen LogP contribution in [-0.2, 0) is 6.54 Å². The molecule has 1 heterocycles. The molecule has 1 aromatic heterocycles. The van der Waals surface area contributed by atoms with Gasteiger partial charge in [0.15, 0.2) is 0 Å². The van der Waals surface area contributed by atoms with Crippen molar-refractivity contribution in [3.63, 3.8) is 0 Å². The second kappa shape index (κ2) is 5.66. The molecule has 0 radical (unpaired) electrons. The summed E-state index contributed by atoms with van der Waals surface area (Å²) < 4.78 is 0. The first-order valence-corrected chi connectivity index (χ1v) is 6.77. The predicted octanol–water partition coefficient (Wildman–Crippen LogP) is 4.11. The van der Waals surface area contributed by atoms with Crippen LogP contribution in [-0.4, -0.2) is 5.54 Å². The van der Waals surface area contributed by atoms with Crippen molar-refractivity contribution in [2.45, 2.75) is 59.0 Å². The van der Waals surface area contributed by atoms with Crippen molar-refractivity contribution in [3.05, 3.63) is 21.9 Å². The normalized spacial score (nSPS) is 12.0. The standard InChI is InChI=1S/C13H23NS/c1-5-13(6-2,7-3)14-10-12-9-8-11(4)15-12/h8-9,14H,5-7,10H2,1-4H3. The van der Waals surface area contributed by atoms with Crippen LogP contribution >= 0.6 is 11.3 Å². The molecule has 0 bridgehead atoms. The van der Waals surface area contributed by atoms with E-state index in [1.54, 1.807) is 0 Å². The number of rotatable bonds is 6. The molecule has 0 amide bonds. The minimum Gasteiger partial charge on any atom is -0.306 e. The molecular formula is C13H23NS. The van der Waals surface area contributed by atoms with E-state index in [-0.39, 0.29) is 0 Å². The largest absolute Gasteiger partial charge is 0.306 e. The van der Waals surface area contributed by atoms with Gasteiger partial charge < -0.3 is 5.32 Å². The molecule has 0 saturated heterocycles. The maximum atomic E-state index is 3.72. The number of aryl methyl sites for hydroxylation is 1. The lowest BCUT2D eigenvalue weighted by atomic mass is 9.90. The highest BCUT2D eigenvalue weighted by Crippen LogP contribution is 2.21. The van der Waals surface area contributed by atoms with Crippen LogP contribution in [0.1, 0.15) is 49.8 Å². The highest BCUT2D eigenvalue weighted by Gasteiger charge is 2.22. The third-order valence-corrected chi connectivity index (χ3v) is 4.46. The SMILES string of the molecule is CCC(CC)(CC)NCc1ccc(C)s1. The second-order valence-corrected chi connectivity index (χ2v) is 5.58. The van der Waals surface area contributed by atoms with Gasteiger partial charge in [-0.2, -0.15) is 0 Å². The molecule has 1 N–H and O–H groups in total. The average molecular weight is 225 g/mol. The molecule has 1 nitrogen and oxygen atoms in total. The molecule has 1 rings (SSSR count). The Labute approximate surface area is 97.9 Å².